The summed E-state index contributed by atoms with van der Waals surface area (Å²) >= 11 is 0. The van der Waals surface area contributed by atoms with Crippen LogP contribution in [0.3, 0.4) is 0 Å². The lowest BCUT2D eigenvalue weighted by molar-refractivity contribution is 0.173. The van der Waals surface area contributed by atoms with Crippen molar-refractivity contribution in [3.63, 3.8) is 0 Å². The first kappa shape index (κ1) is 6.56. The highest BCUT2D eigenvalue weighted by Crippen LogP contribution is 2.36. The van der Waals surface area contributed by atoms with Crippen molar-refractivity contribution in [1.82, 2.24) is 5.32 Å². The Bertz CT molecular complexity index is 1250. The van der Waals surface area contributed by atoms with Gasteiger partial charge in [-0.15, -0.1) is 0 Å². The molecule has 0 radical (unpaired) electrons. The molecule has 2 aromatic rings. The molecule has 4 rings (SSSR count). The van der Waals surface area contributed by atoms with Gasteiger partial charge in [0.05, 0.1) is 14.8 Å². The van der Waals surface area contributed by atoms with Crippen molar-refractivity contribution in [2.24, 2.45) is 5.92 Å². The number of hydrogen-bond acceptors (Lipinski definition) is 4. The van der Waals surface area contributed by atoms with Gasteiger partial charge in [-0.2, -0.15) is 0 Å². The van der Waals surface area contributed by atoms with Gasteiger partial charge >= 0.3 is 0 Å². The van der Waals surface area contributed by atoms with E-state index in [4.69, 9.17) is 32.0 Å². The maximum Gasteiger partial charge on any atom is 0.231 e. The topological polar surface area (TPSA) is 39.7 Å². The highest BCUT2D eigenvalue weighted by Gasteiger charge is 2.27. The third kappa shape index (κ3) is 3.17. The van der Waals surface area contributed by atoms with Crippen LogP contribution in [0.4, 0.5) is 4.39 Å². The van der Waals surface area contributed by atoms with Gasteiger partial charge in [-0.05, 0) is 48.6 Å². The summed E-state index contributed by atoms with van der Waals surface area (Å²) in [5.74, 6) is -7.77. The Morgan fingerprint density at radius 3 is 3.04 bits per heavy atom. The Labute approximate surface area is 158 Å². The standard InChI is InChI=1S/C19H20FNO3/c20-15-3-1-13(2-4-15)17-7-8-21-10-14(17)11-22-16-5-6-18-19(9-16)24-12-23-18/h1-6,9,14,17,21H,7-8,10-12H2/t14-,17?/m0/s1/i1D,2D,3D,4D,7D2,10D2,11D2,12D2,17D. The smallest absolute Gasteiger partial charge is 0.231 e. The first-order valence-corrected chi connectivity index (χ1v) is 6.97. The van der Waals surface area contributed by atoms with Gasteiger partial charge in [-0.25, -0.2) is 4.39 Å². The van der Waals surface area contributed by atoms with Gasteiger partial charge in [0.1, 0.15) is 14.3 Å². The quantitative estimate of drug-likeness (QED) is 0.925. The van der Waals surface area contributed by atoms with Crippen LogP contribution in [0.2, 0.25) is 0 Å². The fraction of sp³-hybridized carbons (Fsp3) is 0.368. The highest BCUT2D eigenvalue weighted by atomic mass is 19.1. The summed E-state index contributed by atoms with van der Waals surface area (Å²) in [4.78, 5) is 0. The predicted octanol–water partition coefficient (Wildman–Crippen LogP) is 3.33. The van der Waals surface area contributed by atoms with E-state index in [9.17, 15) is 4.39 Å². The summed E-state index contributed by atoms with van der Waals surface area (Å²) in [6.07, 6.45) is -2.91. The van der Waals surface area contributed by atoms with Gasteiger partial charge in [0, 0.05) is 25.3 Å². The molecule has 1 N–H and O–H groups in total. The summed E-state index contributed by atoms with van der Waals surface area (Å²) in [5.41, 5.74) is -1.03. The molecule has 0 aromatic heterocycles. The second-order valence-corrected chi connectivity index (χ2v) is 4.83. The first-order valence-electron chi connectivity index (χ1n) is 13.5. The minimum Gasteiger partial charge on any atom is -0.493 e. The van der Waals surface area contributed by atoms with E-state index in [-0.39, 0.29) is 17.2 Å². The van der Waals surface area contributed by atoms with Gasteiger partial charge < -0.3 is 19.5 Å². The number of nitrogens with one attached hydrogen (secondary N) is 1. The Hall–Kier alpha value is -2.27. The molecule has 2 aliphatic heterocycles. The van der Waals surface area contributed by atoms with Crippen molar-refractivity contribution in [3.8, 4) is 17.2 Å². The number of piperidine rings is 1. The zero-order chi connectivity index (χ0) is 27.9. The fourth-order valence-electron chi connectivity index (χ4n) is 2.17. The second-order valence-electron chi connectivity index (χ2n) is 4.83. The molecule has 24 heavy (non-hydrogen) atoms. The van der Waals surface area contributed by atoms with E-state index in [1.165, 1.54) is 6.07 Å². The Balaban J connectivity index is 1.89. The molecule has 5 heteroatoms. The van der Waals surface area contributed by atoms with Crippen LogP contribution in [0.1, 0.15) is 35.7 Å². The summed E-state index contributed by atoms with van der Waals surface area (Å²) in [6.45, 7) is -9.58. The molecule has 1 unspecified atom stereocenters. The minimum absolute atomic E-state index is 0.0336. The second kappa shape index (κ2) is 6.69. The van der Waals surface area contributed by atoms with Crippen LogP contribution in [0, 0.1) is 11.7 Å². The van der Waals surface area contributed by atoms with Gasteiger partial charge in [0.15, 0.2) is 11.5 Å². The van der Waals surface area contributed by atoms with Gasteiger partial charge in [-0.3, -0.25) is 0 Å². The van der Waals surface area contributed by atoms with Crippen LogP contribution in [0.5, 0.6) is 17.2 Å². The van der Waals surface area contributed by atoms with Gasteiger partial charge in [0.2, 0.25) is 6.75 Å². The monoisotopic (exact) mass is 342 g/mol. The molecule has 0 spiro atoms. The molecule has 2 heterocycles. The molecular weight excluding hydrogens is 309 g/mol. The Morgan fingerprint density at radius 1 is 1.33 bits per heavy atom. The van der Waals surface area contributed by atoms with E-state index < -0.39 is 80.1 Å². The van der Waals surface area contributed by atoms with Crippen LogP contribution in [-0.2, 0) is 0 Å². The lowest BCUT2D eigenvalue weighted by Gasteiger charge is -2.32. The lowest BCUT2D eigenvalue weighted by Crippen LogP contribution is -2.38. The van der Waals surface area contributed by atoms with Crippen LogP contribution < -0.4 is 19.5 Å². The maximum absolute atomic E-state index is 14.2. The van der Waals surface area contributed by atoms with Gasteiger partial charge in [-0.1, -0.05) is 12.1 Å². The minimum atomic E-state index is -3.28. The zero-order valence-corrected chi connectivity index (χ0v) is 12.1. The summed E-state index contributed by atoms with van der Waals surface area (Å²) in [5, 5.41) is 2.18. The number of ether oxygens (including phenoxy) is 3. The van der Waals surface area contributed by atoms with Crippen molar-refractivity contribution < 1.29 is 36.4 Å². The average Bonchev–Trinajstić information content (AvgIpc) is 3.06. The Kier molecular flexibility index (Phi) is 1.83. The lowest BCUT2D eigenvalue weighted by atomic mass is 9.81. The fourth-order valence-corrected chi connectivity index (χ4v) is 2.17. The van der Waals surface area contributed by atoms with E-state index in [2.05, 4.69) is 5.32 Å². The molecule has 0 aliphatic carbocycles. The van der Waals surface area contributed by atoms with Crippen molar-refractivity contribution >= 4 is 0 Å². The third-order valence-electron chi connectivity index (χ3n) is 3.28. The van der Waals surface area contributed by atoms with Crippen molar-refractivity contribution in [2.45, 2.75) is 12.3 Å². The van der Waals surface area contributed by atoms with E-state index in [0.29, 0.717) is 0 Å². The molecule has 0 amide bonds. The average molecular weight is 342 g/mol. The molecule has 0 bridgehead atoms. The molecular formula is C19H20FNO3. The largest absolute Gasteiger partial charge is 0.493 e. The third-order valence-corrected chi connectivity index (χ3v) is 3.28. The SMILES string of the molecule is [2H]c1c([2H])c(C2([2H])[C@H](C([2H])([2H])Oc3ccc4c(c3)OC([2H])([2H])O4)C([2H])([2H])NCC2([2H])[2H])c([2H])c([2H])c1F. The molecule has 126 valence electrons. The zero-order valence-electron chi connectivity index (χ0n) is 25.1. The number of benzene rings is 2. The summed E-state index contributed by atoms with van der Waals surface area (Å²) in [6, 6.07) is -1.37. The van der Waals surface area contributed by atoms with E-state index in [1.807, 2.05) is 0 Å². The molecule has 2 aromatic carbocycles. The van der Waals surface area contributed by atoms with E-state index >= 15 is 0 Å². The van der Waals surface area contributed by atoms with Crippen LogP contribution in [-0.4, -0.2) is 26.3 Å². The Morgan fingerprint density at radius 2 is 2.17 bits per heavy atom. The summed E-state index contributed by atoms with van der Waals surface area (Å²) in [7, 11) is 0. The maximum atomic E-state index is 14.2. The highest BCUT2D eigenvalue weighted by molar-refractivity contribution is 5.46. The number of halogens is 1. The van der Waals surface area contributed by atoms with Crippen molar-refractivity contribution in [2.75, 3.05) is 26.3 Å². The van der Waals surface area contributed by atoms with Crippen LogP contribution >= 0.6 is 0 Å². The molecule has 1 fully saturated rings. The molecule has 2 atom stereocenters. The van der Waals surface area contributed by atoms with Gasteiger partial charge in [0.25, 0.3) is 0 Å². The number of fused-ring (bicyclic) bond motifs is 1. The molecule has 4 nitrogen and oxygen atoms in total. The van der Waals surface area contributed by atoms with E-state index in [1.54, 1.807) is 0 Å². The molecule has 1 saturated heterocycles. The number of hydrogen-bond donors (Lipinski definition) is 1. The predicted molar refractivity (Wildman–Crippen MR) is 88.2 cm³/mol. The number of rotatable bonds is 4. The summed E-state index contributed by atoms with van der Waals surface area (Å²) < 4.78 is 137. The molecule has 2 aliphatic rings. The van der Waals surface area contributed by atoms with Crippen molar-refractivity contribution in [3.05, 3.63) is 53.7 Å². The van der Waals surface area contributed by atoms with Crippen LogP contribution in [0.25, 0.3) is 0 Å². The van der Waals surface area contributed by atoms with Crippen LogP contribution in [0.15, 0.2) is 42.4 Å². The molecule has 0 saturated carbocycles. The van der Waals surface area contributed by atoms with Crippen molar-refractivity contribution in [1.29, 1.82) is 0 Å². The van der Waals surface area contributed by atoms with E-state index in [0.717, 1.165) is 12.1 Å². The first-order chi connectivity index (χ1) is 16.8. The normalized spacial score (nSPS) is 40.2.